The van der Waals surface area contributed by atoms with Crippen molar-refractivity contribution in [1.82, 2.24) is 0 Å². The molecule has 0 saturated heterocycles. The van der Waals surface area contributed by atoms with Crippen LogP contribution in [0.3, 0.4) is 0 Å². The first-order chi connectivity index (χ1) is 10.9. The molecule has 7 nitrogen and oxygen atoms in total. The Morgan fingerprint density at radius 3 is 1.88 bits per heavy atom. The number of esters is 2. The summed E-state index contributed by atoms with van der Waals surface area (Å²) in [5, 5.41) is 0. The van der Waals surface area contributed by atoms with Crippen molar-refractivity contribution >= 4 is 22.1 Å². The highest BCUT2D eigenvalue weighted by Gasteiger charge is 2.22. The fraction of sp³-hybridized carbons (Fsp3) is 0.500. The summed E-state index contributed by atoms with van der Waals surface area (Å²) < 4.78 is 44.7. The normalized spacial score (nSPS) is 11.7. The maximum absolute atomic E-state index is 11.7. The van der Waals surface area contributed by atoms with Gasteiger partial charge in [-0.25, -0.2) is 13.2 Å². The van der Waals surface area contributed by atoms with Gasteiger partial charge in [-0.15, -0.1) is 0 Å². The number of carbonyl (C=O) groups excluding carboxylic acids is 2. The van der Waals surface area contributed by atoms with Gasteiger partial charge in [0.2, 0.25) is 0 Å². The summed E-state index contributed by atoms with van der Waals surface area (Å²) in [6.07, 6.45) is 0. The fourth-order valence-electron chi connectivity index (χ4n) is 2.17. The number of hydrogen-bond donors (Lipinski definition) is 0. The molecule has 0 radical (unpaired) electrons. The van der Waals surface area contributed by atoms with Gasteiger partial charge in [0, 0.05) is 6.92 Å². The van der Waals surface area contributed by atoms with Gasteiger partial charge in [-0.3, -0.25) is 4.79 Å². The maximum atomic E-state index is 11.7. The van der Waals surface area contributed by atoms with Crippen LogP contribution >= 0.6 is 0 Å². The van der Waals surface area contributed by atoms with Crippen LogP contribution in [-0.2, 0) is 24.4 Å². The third-order valence-corrected chi connectivity index (χ3v) is 4.21. The standard InChI is InChI=1S/C16H22O7S/c1-9(2)13-6-12(23-15(18)8-22-11(5)17)7-14(10(3)4)16(13)24(19,20)21/h6-7,9-10H,8H2,1-5H3,(H,19,20,21)/p-1. The lowest BCUT2D eigenvalue weighted by molar-refractivity contribution is -0.152. The van der Waals surface area contributed by atoms with Gasteiger partial charge in [0.15, 0.2) is 6.61 Å². The van der Waals surface area contributed by atoms with Crippen LogP contribution in [0.25, 0.3) is 0 Å². The average Bonchev–Trinajstić information content (AvgIpc) is 2.42. The second-order valence-electron chi connectivity index (χ2n) is 5.95. The third kappa shape index (κ3) is 5.31. The molecule has 24 heavy (non-hydrogen) atoms. The van der Waals surface area contributed by atoms with Crippen molar-refractivity contribution in [2.24, 2.45) is 0 Å². The van der Waals surface area contributed by atoms with Gasteiger partial charge in [0.05, 0.1) is 4.90 Å². The van der Waals surface area contributed by atoms with Crippen LogP contribution in [0.2, 0.25) is 0 Å². The zero-order valence-electron chi connectivity index (χ0n) is 14.3. The van der Waals surface area contributed by atoms with Crippen LogP contribution in [0.5, 0.6) is 5.75 Å². The van der Waals surface area contributed by atoms with E-state index in [1.165, 1.54) is 12.1 Å². The van der Waals surface area contributed by atoms with Crippen LogP contribution in [-0.4, -0.2) is 31.5 Å². The molecule has 0 spiro atoms. The first kappa shape index (κ1) is 20.1. The molecule has 134 valence electrons. The summed E-state index contributed by atoms with van der Waals surface area (Å²) in [6.45, 7) is 7.55. The Kier molecular flexibility index (Phi) is 6.50. The molecule has 0 aliphatic carbocycles. The van der Waals surface area contributed by atoms with E-state index in [4.69, 9.17) is 4.74 Å². The summed E-state index contributed by atoms with van der Waals surface area (Å²) in [5.74, 6) is -1.86. The predicted octanol–water partition coefficient (Wildman–Crippen LogP) is 2.31. The Balaban J connectivity index is 3.35. The molecule has 1 rings (SSSR count). The largest absolute Gasteiger partial charge is 0.744 e. The molecule has 0 bridgehead atoms. The number of carbonyl (C=O) groups is 2. The van der Waals surface area contributed by atoms with E-state index in [-0.39, 0.29) is 33.6 Å². The highest BCUT2D eigenvalue weighted by Crippen LogP contribution is 2.35. The highest BCUT2D eigenvalue weighted by atomic mass is 32.2. The fourth-order valence-corrected chi connectivity index (χ4v) is 3.34. The van der Waals surface area contributed by atoms with Crippen molar-refractivity contribution in [1.29, 1.82) is 0 Å². The number of ether oxygens (including phenoxy) is 2. The Morgan fingerprint density at radius 2 is 1.54 bits per heavy atom. The van der Waals surface area contributed by atoms with Crippen molar-refractivity contribution in [2.45, 2.75) is 51.3 Å². The molecule has 8 heteroatoms. The Hall–Kier alpha value is -1.93. The Labute approximate surface area is 141 Å². The van der Waals surface area contributed by atoms with E-state index < -0.39 is 28.7 Å². The second-order valence-corrected chi connectivity index (χ2v) is 7.27. The van der Waals surface area contributed by atoms with Crippen molar-refractivity contribution < 1.29 is 32.0 Å². The molecule has 0 aromatic heterocycles. The minimum atomic E-state index is -4.68. The molecule has 0 heterocycles. The second kappa shape index (κ2) is 7.76. The van der Waals surface area contributed by atoms with Crippen molar-refractivity contribution in [3.63, 3.8) is 0 Å². The van der Waals surface area contributed by atoms with Crippen LogP contribution in [0, 0.1) is 0 Å². The van der Waals surface area contributed by atoms with Gasteiger partial charge in [-0.05, 0) is 35.1 Å². The zero-order chi connectivity index (χ0) is 18.7. The summed E-state index contributed by atoms with van der Waals surface area (Å²) in [6, 6.07) is 2.71. The molecule has 0 N–H and O–H groups in total. The van der Waals surface area contributed by atoms with Gasteiger partial charge in [-0.1, -0.05) is 27.7 Å². The molecular weight excluding hydrogens is 336 g/mol. The van der Waals surface area contributed by atoms with Crippen LogP contribution in [0.1, 0.15) is 57.6 Å². The van der Waals surface area contributed by atoms with Gasteiger partial charge in [0.1, 0.15) is 15.9 Å². The van der Waals surface area contributed by atoms with Gasteiger partial charge in [-0.2, -0.15) is 0 Å². The first-order valence-electron chi connectivity index (χ1n) is 7.41. The molecule has 0 aliphatic rings. The Morgan fingerprint density at radius 1 is 1.08 bits per heavy atom. The zero-order valence-corrected chi connectivity index (χ0v) is 15.1. The van der Waals surface area contributed by atoms with E-state index in [9.17, 15) is 22.6 Å². The summed E-state index contributed by atoms with van der Waals surface area (Å²) in [7, 11) is -4.68. The quantitative estimate of drug-likeness (QED) is 0.436. The SMILES string of the molecule is CC(=O)OCC(=O)Oc1cc(C(C)C)c(S(=O)(=O)[O-])c(C(C)C)c1. The topological polar surface area (TPSA) is 110 Å². The van der Waals surface area contributed by atoms with Crippen molar-refractivity contribution in [3.8, 4) is 5.75 Å². The maximum Gasteiger partial charge on any atom is 0.349 e. The van der Waals surface area contributed by atoms with E-state index in [1.54, 1.807) is 27.7 Å². The molecule has 1 aromatic carbocycles. The molecule has 0 unspecified atom stereocenters. The monoisotopic (exact) mass is 357 g/mol. The molecular formula is C16H21O7S-. The van der Waals surface area contributed by atoms with E-state index in [1.807, 2.05) is 0 Å². The number of rotatable bonds is 6. The van der Waals surface area contributed by atoms with Gasteiger partial charge < -0.3 is 14.0 Å². The van der Waals surface area contributed by atoms with Crippen LogP contribution in [0.15, 0.2) is 17.0 Å². The summed E-state index contributed by atoms with van der Waals surface area (Å²) in [5.41, 5.74) is 0.568. The lowest BCUT2D eigenvalue weighted by Crippen LogP contribution is -2.18. The Bertz CT molecular complexity index is 704. The molecule has 0 amide bonds. The molecule has 0 fully saturated rings. The first-order valence-corrected chi connectivity index (χ1v) is 8.82. The number of hydrogen-bond acceptors (Lipinski definition) is 7. The van der Waals surface area contributed by atoms with Crippen molar-refractivity contribution in [2.75, 3.05) is 6.61 Å². The lowest BCUT2D eigenvalue weighted by atomic mass is 9.95. The minimum absolute atomic E-state index is 0.104. The molecule has 0 aliphatic heterocycles. The molecule has 1 aromatic rings. The highest BCUT2D eigenvalue weighted by molar-refractivity contribution is 7.85. The average molecular weight is 357 g/mol. The van der Waals surface area contributed by atoms with Crippen LogP contribution in [0.4, 0.5) is 0 Å². The molecule has 0 atom stereocenters. The van der Waals surface area contributed by atoms with Gasteiger partial charge >= 0.3 is 11.9 Å². The smallest absolute Gasteiger partial charge is 0.349 e. The third-order valence-electron chi connectivity index (χ3n) is 3.24. The van der Waals surface area contributed by atoms with Crippen LogP contribution < -0.4 is 4.74 Å². The number of benzene rings is 1. The van der Waals surface area contributed by atoms with E-state index in [0.717, 1.165) is 6.92 Å². The predicted molar refractivity (Wildman–Crippen MR) is 84.9 cm³/mol. The molecule has 0 saturated carbocycles. The van der Waals surface area contributed by atoms with E-state index >= 15 is 0 Å². The van der Waals surface area contributed by atoms with E-state index in [0.29, 0.717) is 0 Å². The van der Waals surface area contributed by atoms with Gasteiger partial charge in [0.25, 0.3) is 0 Å². The summed E-state index contributed by atoms with van der Waals surface area (Å²) >= 11 is 0. The minimum Gasteiger partial charge on any atom is -0.744 e. The van der Waals surface area contributed by atoms with Crippen molar-refractivity contribution in [3.05, 3.63) is 23.3 Å². The lowest BCUT2D eigenvalue weighted by Gasteiger charge is -2.23. The summed E-state index contributed by atoms with van der Waals surface area (Å²) in [4.78, 5) is 22.1. The van der Waals surface area contributed by atoms with E-state index in [2.05, 4.69) is 4.74 Å².